The van der Waals surface area contributed by atoms with Gasteiger partial charge in [-0.15, -0.1) is 11.8 Å². The summed E-state index contributed by atoms with van der Waals surface area (Å²) in [5, 5.41) is 4.07. The van der Waals surface area contributed by atoms with E-state index in [9.17, 15) is 4.79 Å². The third-order valence-corrected chi connectivity index (χ3v) is 5.42. The zero-order valence-electron chi connectivity index (χ0n) is 10.3. The van der Waals surface area contributed by atoms with E-state index in [0.717, 1.165) is 23.1 Å². The highest BCUT2D eigenvalue weighted by atomic mass is 79.9. The van der Waals surface area contributed by atoms with Crippen molar-refractivity contribution in [2.75, 3.05) is 11.1 Å². The second-order valence-electron chi connectivity index (χ2n) is 4.77. The van der Waals surface area contributed by atoms with E-state index < -0.39 is 0 Å². The zero-order chi connectivity index (χ0) is 12.8. The van der Waals surface area contributed by atoms with Crippen molar-refractivity contribution in [3.8, 4) is 0 Å². The van der Waals surface area contributed by atoms with E-state index in [1.54, 1.807) is 11.8 Å². The minimum absolute atomic E-state index is 0.00827. The number of nitrogens with one attached hydrogen (secondary N) is 1. The van der Waals surface area contributed by atoms with E-state index in [1.165, 1.54) is 12.8 Å². The smallest absolute Gasteiger partial charge is 0.230 e. The van der Waals surface area contributed by atoms with Crippen LogP contribution in [0.15, 0.2) is 35.2 Å². The highest BCUT2D eigenvalue weighted by Gasteiger charge is 2.33. The van der Waals surface area contributed by atoms with E-state index in [0.29, 0.717) is 5.75 Å². The first-order valence-electron chi connectivity index (χ1n) is 6.29. The van der Waals surface area contributed by atoms with Crippen LogP contribution in [0.25, 0.3) is 0 Å². The van der Waals surface area contributed by atoms with Gasteiger partial charge in [-0.3, -0.25) is 4.79 Å². The summed E-state index contributed by atoms with van der Waals surface area (Å²) in [6.07, 6.45) is 4.63. The molecule has 0 unspecified atom stereocenters. The van der Waals surface area contributed by atoms with Gasteiger partial charge in [0.15, 0.2) is 0 Å². The van der Waals surface area contributed by atoms with Crippen molar-refractivity contribution in [2.24, 2.45) is 0 Å². The molecule has 0 atom stereocenters. The predicted octanol–water partition coefficient (Wildman–Crippen LogP) is 3.60. The van der Waals surface area contributed by atoms with Crippen LogP contribution in [0.3, 0.4) is 0 Å². The molecule has 0 radical (unpaired) electrons. The molecule has 0 spiro atoms. The fraction of sp³-hybridized carbons (Fsp3) is 0.500. The molecule has 0 saturated heterocycles. The monoisotopic (exact) mass is 327 g/mol. The fourth-order valence-electron chi connectivity index (χ4n) is 2.34. The van der Waals surface area contributed by atoms with Crippen molar-refractivity contribution >= 4 is 33.6 Å². The van der Waals surface area contributed by atoms with Crippen LogP contribution in [-0.4, -0.2) is 22.5 Å². The maximum atomic E-state index is 12.0. The molecule has 1 aromatic rings. The number of rotatable bonds is 5. The molecule has 1 saturated carbocycles. The lowest BCUT2D eigenvalue weighted by Crippen LogP contribution is -2.48. The van der Waals surface area contributed by atoms with E-state index in [2.05, 4.69) is 21.2 Å². The summed E-state index contributed by atoms with van der Waals surface area (Å²) >= 11 is 5.13. The van der Waals surface area contributed by atoms with Crippen LogP contribution in [0.5, 0.6) is 0 Å². The van der Waals surface area contributed by atoms with Crippen LogP contribution in [0.2, 0.25) is 0 Å². The molecule has 2 nitrogen and oxygen atoms in total. The number of hydrogen-bond donors (Lipinski definition) is 1. The minimum Gasteiger partial charge on any atom is -0.349 e. The van der Waals surface area contributed by atoms with E-state index >= 15 is 0 Å². The van der Waals surface area contributed by atoms with Crippen molar-refractivity contribution in [1.29, 1.82) is 0 Å². The van der Waals surface area contributed by atoms with Gasteiger partial charge in [0, 0.05) is 15.8 Å². The van der Waals surface area contributed by atoms with Gasteiger partial charge >= 0.3 is 0 Å². The van der Waals surface area contributed by atoms with Gasteiger partial charge in [-0.25, -0.2) is 0 Å². The van der Waals surface area contributed by atoms with Gasteiger partial charge < -0.3 is 5.32 Å². The first kappa shape index (κ1) is 13.9. The van der Waals surface area contributed by atoms with Crippen LogP contribution < -0.4 is 5.32 Å². The Hall–Kier alpha value is -0.480. The second-order valence-corrected chi connectivity index (χ2v) is 6.38. The zero-order valence-corrected chi connectivity index (χ0v) is 12.7. The van der Waals surface area contributed by atoms with Crippen molar-refractivity contribution in [3.63, 3.8) is 0 Å². The Morgan fingerprint density at radius 1 is 1.28 bits per heavy atom. The number of thioether (sulfide) groups is 1. The Morgan fingerprint density at radius 2 is 1.94 bits per heavy atom. The van der Waals surface area contributed by atoms with E-state index in [4.69, 9.17) is 0 Å². The first-order valence-corrected chi connectivity index (χ1v) is 8.40. The largest absolute Gasteiger partial charge is 0.349 e. The maximum Gasteiger partial charge on any atom is 0.230 e. The quantitative estimate of drug-likeness (QED) is 0.661. The summed E-state index contributed by atoms with van der Waals surface area (Å²) in [7, 11) is 0. The number of carbonyl (C=O) groups excluding carboxylic acids is 1. The Kier molecular flexibility index (Phi) is 5.13. The average molecular weight is 328 g/mol. The molecular formula is C14H18BrNOS. The molecule has 0 bridgehead atoms. The molecule has 0 aromatic heterocycles. The molecular weight excluding hydrogens is 310 g/mol. The SMILES string of the molecule is O=C(CSc1ccccc1)NC1(CBr)CCCC1. The summed E-state index contributed by atoms with van der Waals surface area (Å²) in [6, 6.07) is 10.1. The summed E-state index contributed by atoms with van der Waals surface area (Å²) < 4.78 is 0. The van der Waals surface area contributed by atoms with Gasteiger partial charge in [-0.2, -0.15) is 0 Å². The first-order chi connectivity index (χ1) is 8.74. The van der Waals surface area contributed by atoms with Gasteiger partial charge in [-0.05, 0) is 25.0 Å². The number of hydrogen-bond acceptors (Lipinski definition) is 2. The van der Waals surface area contributed by atoms with Gasteiger partial charge in [0.25, 0.3) is 0 Å². The van der Waals surface area contributed by atoms with Gasteiger partial charge in [0.05, 0.1) is 5.75 Å². The Morgan fingerprint density at radius 3 is 2.56 bits per heavy atom. The van der Waals surface area contributed by atoms with Crippen LogP contribution in [0, 0.1) is 0 Å². The van der Waals surface area contributed by atoms with Gasteiger partial charge in [0.1, 0.15) is 0 Å². The lowest BCUT2D eigenvalue weighted by Gasteiger charge is -2.28. The number of alkyl halides is 1. The molecule has 98 valence electrons. The summed E-state index contributed by atoms with van der Waals surface area (Å²) in [5.41, 5.74) is 0.00827. The molecule has 1 aliphatic rings. The number of benzene rings is 1. The topological polar surface area (TPSA) is 29.1 Å². The number of carbonyl (C=O) groups is 1. The van der Waals surface area contributed by atoms with Crippen molar-refractivity contribution in [3.05, 3.63) is 30.3 Å². The minimum atomic E-state index is 0.00827. The van der Waals surface area contributed by atoms with E-state index in [-0.39, 0.29) is 11.4 Å². The molecule has 1 N–H and O–H groups in total. The lowest BCUT2D eigenvalue weighted by atomic mass is 10.0. The maximum absolute atomic E-state index is 12.0. The average Bonchev–Trinajstić information content (AvgIpc) is 2.87. The molecule has 1 fully saturated rings. The van der Waals surface area contributed by atoms with Crippen LogP contribution >= 0.6 is 27.7 Å². The summed E-state index contributed by atoms with van der Waals surface area (Å²) in [5.74, 6) is 0.642. The molecule has 4 heteroatoms. The molecule has 1 aromatic carbocycles. The lowest BCUT2D eigenvalue weighted by molar-refractivity contribution is -0.120. The van der Waals surface area contributed by atoms with Crippen LogP contribution in [0.4, 0.5) is 0 Å². The van der Waals surface area contributed by atoms with Crippen LogP contribution in [-0.2, 0) is 4.79 Å². The molecule has 1 aliphatic carbocycles. The molecule has 0 heterocycles. The van der Waals surface area contributed by atoms with E-state index in [1.807, 2.05) is 30.3 Å². The fourth-order valence-corrected chi connectivity index (χ4v) is 3.76. The number of amides is 1. The third-order valence-electron chi connectivity index (χ3n) is 3.33. The molecule has 0 aliphatic heterocycles. The number of halogens is 1. The van der Waals surface area contributed by atoms with Gasteiger partial charge in [-0.1, -0.05) is 47.0 Å². The summed E-state index contributed by atoms with van der Waals surface area (Å²) in [6.45, 7) is 0. The Labute approximate surface area is 121 Å². The second kappa shape index (κ2) is 6.62. The van der Waals surface area contributed by atoms with Crippen molar-refractivity contribution in [2.45, 2.75) is 36.1 Å². The molecule has 2 rings (SSSR count). The highest BCUT2D eigenvalue weighted by molar-refractivity contribution is 9.09. The Bertz CT molecular complexity index is 390. The van der Waals surface area contributed by atoms with Gasteiger partial charge in [0.2, 0.25) is 5.91 Å². The molecule has 18 heavy (non-hydrogen) atoms. The molecule has 1 amide bonds. The Balaban J connectivity index is 1.82. The highest BCUT2D eigenvalue weighted by Crippen LogP contribution is 2.31. The normalized spacial score (nSPS) is 17.6. The third kappa shape index (κ3) is 3.75. The van der Waals surface area contributed by atoms with Crippen LogP contribution in [0.1, 0.15) is 25.7 Å². The van der Waals surface area contributed by atoms with Crippen molar-refractivity contribution < 1.29 is 4.79 Å². The van der Waals surface area contributed by atoms with Crippen molar-refractivity contribution in [1.82, 2.24) is 5.32 Å². The standard InChI is InChI=1S/C14H18BrNOS/c15-11-14(8-4-5-9-14)16-13(17)10-18-12-6-2-1-3-7-12/h1-3,6-7H,4-5,8-11H2,(H,16,17). The predicted molar refractivity (Wildman–Crippen MR) is 80.3 cm³/mol. The summed E-state index contributed by atoms with van der Waals surface area (Å²) in [4.78, 5) is 13.1.